The molecular formula is C26H18F2O6. The molecule has 0 saturated heterocycles. The second kappa shape index (κ2) is 7.83. The summed E-state index contributed by atoms with van der Waals surface area (Å²) >= 11 is 0. The molecule has 1 fully saturated rings. The van der Waals surface area contributed by atoms with Gasteiger partial charge in [-0.05, 0) is 30.3 Å². The highest BCUT2D eigenvalue weighted by atomic mass is 19.2. The van der Waals surface area contributed by atoms with Gasteiger partial charge in [-0.25, -0.2) is 9.59 Å². The lowest BCUT2D eigenvalue weighted by Crippen LogP contribution is -2.67. The van der Waals surface area contributed by atoms with Crippen molar-refractivity contribution in [3.8, 4) is 0 Å². The molecular weight excluding hydrogens is 446 g/mol. The highest BCUT2D eigenvalue weighted by Gasteiger charge is 2.71. The number of halogens is 2. The van der Waals surface area contributed by atoms with E-state index in [1.165, 1.54) is 66.8 Å². The number of allylic oxidation sites excluding steroid dienone is 2. The molecule has 0 aromatic heterocycles. The second-order valence-corrected chi connectivity index (χ2v) is 8.43. The van der Waals surface area contributed by atoms with Crippen LogP contribution in [0.4, 0.5) is 8.78 Å². The average Bonchev–Trinajstić information content (AvgIpc) is 2.85. The standard InChI is InChI=1S/C26H18F2O6/c27-25(33-23(31)15-7-3-1-4-8-15)19-13-11-18(22(25)30)17-12-14-20(29)26(28,21(17)19)34-24(32)16-9-5-2-6-10-16/h1-14,17-19,21H/t17?,18?,19?,21?,25?,26-/m0/s1. The van der Waals surface area contributed by atoms with E-state index in [2.05, 4.69) is 0 Å². The number of esters is 2. The van der Waals surface area contributed by atoms with Crippen molar-refractivity contribution in [1.82, 2.24) is 0 Å². The summed E-state index contributed by atoms with van der Waals surface area (Å²) in [5.41, 5.74) is -0.0102. The Kier molecular flexibility index (Phi) is 5.04. The van der Waals surface area contributed by atoms with Crippen LogP contribution in [0, 0.1) is 23.7 Å². The van der Waals surface area contributed by atoms with E-state index in [0.29, 0.717) is 0 Å². The first-order valence-electron chi connectivity index (χ1n) is 10.7. The SMILES string of the molecule is O=C(OC1(F)C(=O)C2C=CC1C1C2C=CC(=O)[C@]1(F)OC(=O)c1ccccc1)c1ccccc1. The number of carbonyl (C=O) groups excluding carboxylic acids is 4. The summed E-state index contributed by atoms with van der Waals surface area (Å²) in [6.07, 6.45) is 4.83. The summed E-state index contributed by atoms with van der Waals surface area (Å²) in [6.45, 7) is 0. The Balaban J connectivity index is 1.52. The van der Waals surface area contributed by atoms with Crippen molar-refractivity contribution in [3.63, 3.8) is 0 Å². The fraction of sp³-hybridized carbons (Fsp3) is 0.231. The number of fused-ring (bicyclic) bond motifs is 1. The normalized spacial score (nSPS) is 33.4. The number of hydrogen-bond donors (Lipinski definition) is 0. The maximum Gasteiger partial charge on any atom is 0.341 e. The summed E-state index contributed by atoms with van der Waals surface area (Å²) in [5.74, 6) is -16.5. The van der Waals surface area contributed by atoms with E-state index in [0.717, 1.165) is 6.08 Å². The van der Waals surface area contributed by atoms with Gasteiger partial charge in [0.1, 0.15) is 0 Å². The maximum absolute atomic E-state index is 16.3. The Morgan fingerprint density at radius 3 is 1.82 bits per heavy atom. The highest BCUT2D eigenvalue weighted by molar-refractivity contribution is 6.02. The predicted molar refractivity (Wildman–Crippen MR) is 114 cm³/mol. The maximum atomic E-state index is 16.3. The number of rotatable bonds is 4. The molecule has 0 N–H and O–H groups in total. The van der Waals surface area contributed by atoms with Crippen LogP contribution in [0.15, 0.2) is 85.0 Å². The zero-order valence-corrected chi connectivity index (χ0v) is 17.6. The lowest BCUT2D eigenvalue weighted by Gasteiger charge is -2.52. The van der Waals surface area contributed by atoms with Crippen LogP contribution >= 0.6 is 0 Å². The van der Waals surface area contributed by atoms with Gasteiger partial charge in [-0.15, -0.1) is 0 Å². The average molecular weight is 464 g/mol. The van der Waals surface area contributed by atoms with Crippen LogP contribution in [0.25, 0.3) is 0 Å². The van der Waals surface area contributed by atoms with E-state index in [1.54, 1.807) is 12.1 Å². The van der Waals surface area contributed by atoms with Crippen molar-refractivity contribution in [1.29, 1.82) is 0 Å². The summed E-state index contributed by atoms with van der Waals surface area (Å²) in [7, 11) is 0. The molecule has 2 aromatic rings. The van der Waals surface area contributed by atoms with Gasteiger partial charge in [-0.1, -0.05) is 54.6 Å². The van der Waals surface area contributed by atoms with Gasteiger partial charge in [-0.3, -0.25) is 9.59 Å². The van der Waals surface area contributed by atoms with Gasteiger partial charge in [0.15, 0.2) is 0 Å². The molecule has 0 spiro atoms. The monoisotopic (exact) mass is 464 g/mol. The lowest BCUT2D eigenvalue weighted by molar-refractivity contribution is -0.230. The van der Waals surface area contributed by atoms with Crippen LogP contribution in [-0.2, 0) is 19.1 Å². The molecule has 172 valence electrons. The molecule has 4 aliphatic rings. The number of Topliss-reactive ketones (excluding diaryl/α,β-unsaturated/α-hetero) is 1. The fourth-order valence-electron chi connectivity index (χ4n) is 4.93. The first kappa shape index (κ1) is 21.9. The number of carbonyl (C=O) groups is 4. The van der Waals surface area contributed by atoms with Gasteiger partial charge in [-0.2, -0.15) is 8.78 Å². The van der Waals surface area contributed by atoms with E-state index in [-0.39, 0.29) is 11.1 Å². The van der Waals surface area contributed by atoms with E-state index in [9.17, 15) is 19.2 Å². The molecule has 34 heavy (non-hydrogen) atoms. The molecule has 4 aliphatic carbocycles. The minimum Gasteiger partial charge on any atom is -0.417 e. The van der Waals surface area contributed by atoms with Crippen molar-refractivity contribution < 1.29 is 37.4 Å². The van der Waals surface area contributed by atoms with Gasteiger partial charge < -0.3 is 9.47 Å². The van der Waals surface area contributed by atoms with E-state index in [1.807, 2.05) is 0 Å². The van der Waals surface area contributed by atoms with Crippen molar-refractivity contribution in [2.24, 2.45) is 23.7 Å². The van der Waals surface area contributed by atoms with Gasteiger partial charge >= 0.3 is 23.6 Å². The van der Waals surface area contributed by atoms with E-state index in [4.69, 9.17) is 9.47 Å². The number of benzene rings is 2. The zero-order valence-electron chi connectivity index (χ0n) is 17.6. The van der Waals surface area contributed by atoms with Crippen molar-refractivity contribution in [2.75, 3.05) is 0 Å². The predicted octanol–water partition coefficient (Wildman–Crippen LogP) is 3.79. The van der Waals surface area contributed by atoms with Crippen LogP contribution in [0.5, 0.6) is 0 Å². The second-order valence-electron chi connectivity index (χ2n) is 8.43. The smallest absolute Gasteiger partial charge is 0.341 e. The molecule has 2 bridgehead atoms. The Morgan fingerprint density at radius 1 is 0.735 bits per heavy atom. The van der Waals surface area contributed by atoms with Crippen LogP contribution < -0.4 is 0 Å². The quantitative estimate of drug-likeness (QED) is 0.506. The number of hydrogen-bond acceptors (Lipinski definition) is 6. The summed E-state index contributed by atoms with van der Waals surface area (Å²) in [4.78, 5) is 50.9. The third-order valence-corrected chi connectivity index (χ3v) is 6.55. The summed E-state index contributed by atoms with van der Waals surface area (Å²) in [6, 6.07) is 14.9. The largest absolute Gasteiger partial charge is 0.417 e. The van der Waals surface area contributed by atoms with Gasteiger partial charge in [0.05, 0.1) is 23.0 Å². The highest BCUT2D eigenvalue weighted by Crippen LogP contribution is 2.57. The van der Waals surface area contributed by atoms with E-state index < -0.39 is 58.9 Å². The molecule has 0 aliphatic heterocycles. The third-order valence-electron chi connectivity index (χ3n) is 6.55. The molecule has 6 nitrogen and oxygen atoms in total. The number of ketones is 2. The third kappa shape index (κ3) is 3.21. The lowest BCUT2D eigenvalue weighted by atomic mass is 9.55. The minimum absolute atomic E-state index is 0.00376. The molecule has 0 heterocycles. The molecule has 0 amide bonds. The van der Waals surface area contributed by atoms with Crippen LogP contribution in [0.1, 0.15) is 20.7 Å². The fourth-order valence-corrected chi connectivity index (χ4v) is 4.93. The van der Waals surface area contributed by atoms with Gasteiger partial charge in [0.25, 0.3) is 0 Å². The Bertz CT molecular complexity index is 1240. The Morgan fingerprint density at radius 2 is 1.26 bits per heavy atom. The number of ether oxygens (including phenoxy) is 2. The summed E-state index contributed by atoms with van der Waals surface area (Å²) in [5, 5.41) is 0. The molecule has 5 unspecified atom stereocenters. The topological polar surface area (TPSA) is 86.7 Å². The zero-order chi connectivity index (χ0) is 24.1. The molecule has 2 aromatic carbocycles. The Labute approximate surface area is 192 Å². The van der Waals surface area contributed by atoms with E-state index >= 15 is 8.78 Å². The minimum atomic E-state index is -3.27. The van der Waals surface area contributed by atoms with Crippen molar-refractivity contribution in [3.05, 3.63) is 96.1 Å². The first-order chi connectivity index (χ1) is 16.3. The molecule has 6 atom stereocenters. The Hall–Kier alpha value is -3.94. The number of alkyl halides is 2. The molecule has 1 saturated carbocycles. The molecule has 0 radical (unpaired) electrons. The van der Waals surface area contributed by atoms with Crippen molar-refractivity contribution >= 4 is 23.5 Å². The summed E-state index contributed by atoms with van der Waals surface area (Å²) < 4.78 is 42.6. The first-order valence-corrected chi connectivity index (χ1v) is 10.7. The van der Waals surface area contributed by atoms with Gasteiger partial charge in [0, 0.05) is 11.8 Å². The van der Waals surface area contributed by atoms with Crippen LogP contribution in [-0.4, -0.2) is 35.2 Å². The molecule has 6 rings (SSSR count). The van der Waals surface area contributed by atoms with Gasteiger partial charge in [0.2, 0.25) is 11.6 Å². The van der Waals surface area contributed by atoms with Crippen molar-refractivity contribution in [2.45, 2.75) is 11.7 Å². The van der Waals surface area contributed by atoms with Crippen LogP contribution in [0.3, 0.4) is 0 Å². The van der Waals surface area contributed by atoms with Crippen LogP contribution in [0.2, 0.25) is 0 Å². The molecule has 8 heteroatoms.